The van der Waals surface area contributed by atoms with Gasteiger partial charge in [0.25, 0.3) is 0 Å². The summed E-state index contributed by atoms with van der Waals surface area (Å²) in [5.41, 5.74) is 0.237. The van der Waals surface area contributed by atoms with Crippen LogP contribution in [0.3, 0.4) is 0 Å². The van der Waals surface area contributed by atoms with Gasteiger partial charge in [-0.1, -0.05) is 53.7 Å². The van der Waals surface area contributed by atoms with Crippen LogP contribution in [0.2, 0.25) is 5.02 Å². The summed E-state index contributed by atoms with van der Waals surface area (Å²) in [7, 11) is 0. The van der Waals surface area contributed by atoms with Crippen LogP contribution in [0.25, 0.3) is 0 Å². The Hall–Kier alpha value is -2.69. The van der Waals surface area contributed by atoms with Crippen LogP contribution in [0, 0.1) is 11.6 Å². The van der Waals surface area contributed by atoms with Gasteiger partial charge in [0.05, 0.1) is 16.6 Å². The molecule has 188 valence electrons. The monoisotopic (exact) mass is 555 g/mol. The van der Waals surface area contributed by atoms with E-state index in [4.69, 9.17) is 28.8 Å². The highest BCUT2D eigenvalue weighted by molar-refractivity contribution is 8.14. The van der Waals surface area contributed by atoms with Crippen LogP contribution in [0.15, 0.2) is 71.7 Å². The van der Waals surface area contributed by atoms with Gasteiger partial charge in [-0.2, -0.15) is 13.2 Å². The lowest BCUT2D eigenvalue weighted by atomic mass is 9.99. The Balaban J connectivity index is 1.63. The number of thiocarbonyl (C=S) groups is 1. The minimum absolute atomic E-state index is 0.0605. The third-order valence-electron chi connectivity index (χ3n) is 5.39. The summed E-state index contributed by atoms with van der Waals surface area (Å²) in [5, 5.41) is 3.41. The van der Waals surface area contributed by atoms with Gasteiger partial charge in [0.1, 0.15) is 11.6 Å². The van der Waals surface area contributed by atoms with Crippen molar-refractivity contribution in [3.8, 4) is 0 Å². The Kier molecular flexibility index (Phi) is 8.17. The molecule has 1 fully saturated rings. The third kappa shape index (κ3) is 6.35. The average molecular weight is 556 g/mol. The van der Waals surface area contributed by atoms with E-state index >= 15 is 0 Å². The van der Waals surface area contributed by atoms with Gasteiger partial charge in [-0.15, -0.1) is 0 Å². The van der Waals surface area contributed by atoms with Gasteiger partial charge in [-0.25, -0.2) is 8.78 Å². The summed E-state index contributed by atoms with van der Waals surface area (Å²) in [4.78, 5) is 6.40. The normalized spacial score (nSPS) is 15.8. The van der Waals surface area contributed by atoms with Crippen LogP contribution < -0.4 is 5.32 Å². The molecular weight excluding hydrogens is 537 g/mol. The Labute approximate surface area is 219 Å². The van der Waals surface area contributed by atoms with Crippen molar-refractivity contribution in [1.29, 1.82) is 0 Å². The van der Waals surface area contributed by atoms with Crippen molar-refractivity contribution in [2.75, 3.05) is 17.6 Å². The summed E-state index contributed by atoms with van der Waals surface area (Å²) in [6.07, 6.45) is -4.29. The van der Waals surface area contributed by atoms with Gasteiger partial charge in [0.15, 0.2) is 10.3 Å². The standard InChI is InChI=1S/C25H19ClF5N3S2/c26-20-9-3-8-19(22(20)28)21(13-15-4-1-6-17(27)12-15)33-24-34(10-11-36-24)23(35)32-18-7-2-5-16(14-18)25(29,30)31/h1-9,12,14,21H,10-11,13H2,(H,32,35). The van der Waals surface area contributed by atoms with Crippen LogP contribution in [0.1, 0.15) is 22.7 Å². The van der Waals surface area contributed by atoms with E-state index in [9.17, 15) is 22.0 Å². The van der Waals surface area contributed by atoms with Crippen molar-refractivity contribution in [1.82, 2.24) is 4.90 Å². The molecule has 0 radical (unpaired) electrons. The largest absolute Gasteiger partial charge is 0.416 e. The number of nitrogens with one attached hydrogen (secondary N) is 1. The quantitative estimate of drug-likeness (QED) is 0.258. The van der Waals surface area contributed by atoms with Crippen LogP contribution >= 0.6 is 35.6 Å². The molecule has 1 aliphatic heterocycles. The maximum Gasteiger partial charge on any atom is 0.416 e. The Bertz CT molecular complexity index is 1300. The van der Waals surface area contributed by atoms with E-state index in [0.717, 1.165) is 12.1 Å². The van der Waals surface area contributed by atoms with Gasteiger partial charge < -0.3 is 5.32 Å². The molecule has 3 aromatic rings. The SMILES string of the molecule is Fc1cccc(CC(N=C2SCCN2C(=S)Nc2cccc(C(F)(F)F)c2)c2cccc(Cl)c2F)c1. The van der Waals surface area contributed by atoms with E-state index in [1.54, 1.807) is 29.2 Å². The molecule has 0 aromatic heterocycles. The number of amidine groups is 1. The van der Waals surface area contributed by atoms with E-state index in [2.05, 4.69) is 5.32 Å². The Morgan fingerprint density at radius 1 is 1.08 bits per heavy atom. The number of nitrogens with zero attached hydrogens (tertiary/aromatic N) is 2. The van der Waals surface area contributed by atoms with Crippen LogP contribution in [0.5, 0.6) is 0 Å². The molecule has 0 amide bonds. The molecule has 1 atom stereocenters. The highest BCUT2D eigenvalue weighted by Crippen LogP contribution is 2.33. The summed E-state index contributed by atoms with van der Waals surface area (Å²) < 4.78 is 68.0. The fourth-order valence-electron chi connectivity index (χ4n) is 3.68. The zero-order chi connectivity index (χ0) is 25.9. The molecule has 3 aromatic carbocycles. The van der Waals surface area contributed by atoms with Crippen molar-refractivity contribution in [3.63, 3.8) is 0 Å². The minimum Gasteiger partial charge on any atom is -0.332 e. The molecule has 1 N–H and O–H groups in total. The molecule has 3 nitrogen and oxygen atoms in total. The first-order chi connectivity index (χ1) is 17.1. The summed E-state index contributed by atoms with van der Waals surface area (Å²) in [5.74, 6) is -0.425. The van der Waals surface area contributed by atoms with Crippen molar-refractivity contribution in [2.24, 2.45) is 4.99 Å². The lowest BCUT2D eigenvalue weighted by Gasteiger charge is -2.23. The minimum atomic E-state index is -4.49. The van der Waals surface area contributed by atoms with Crippen LogP contribution in [-0.4, -0.2) is 27.5 Å². The molecule has 4 rings (SSSR count). The molecule has 36 heavy (non-hydrogen) atoms. The van der Waals surface area contributed by atoms with Crippen LogP contribution in [-0.2, 0) is 12.6 Å². The number of aliphatic imine (C=N–C) groups is 1. The number of rotatable bonds is 5. The maximum atomic E-state index is 15.0. The second kappa shape index (κ2) is 11.1. The molecule has 0 bridgehead atoms. The van der Waals surface area contributed by atoms with Crippen molar-refractivity contribution in [2.45, 2.75) is 18.6 Å². The van der Waals surface area contributed by atoms with Gasteiger partial charge in [-0.3, -0.25) is 9.89 Å². The Morgan fingerprint density at radius 2 is 1.83 bits per heavy atom. The molecular formula is C25H19ClF5N3S2. The number of hydrogen-bond acceptors (Lipinski definition) is 3. The second-order valence-electron chi connectivity index (χ2n) is 7.91. The first-order valence-corrected chi connectivity index (χ1v) is 12.5. The third-order valence-corrected chi connectivity index (χ3v) is 6.97. The average Bonchev–Trinajstić information content (AvgIpc) is 3.28. The molecule has 1 heterocycles. The molecule has 11 heteroatoms. The number of hydrogen-bond donors (Lipinski definition) is 1. The predicted octanol–water partition coefficient (Wildman–Crippen LogP) is 7.72. The first kappa shape index (κ1) is 26.4. The fraction of sp³-hybridized carbons (Fsp3) is 0.200. The van der Waals surface area contributed by atoms with Gasteiger partial charge in [0, 0.05) is 23.5 Å². The number of anilines is 1. The van der Waals surface area contributed by atoms with Gasteiger partial charge >= 0.3 is 6.18 Å². The van der Waals surface area contributed by atoms with Crippen molar-refractivity contribution in [3.05, 3.63) is 100 Å². The van der Waals surface area contributed by atoms with E-state index < -0.39 is 29.4 Å². The first-order valence-electron chi connectivity index (χ1n) is 10.8. The van der Waals surface area contributed by atoms with E-state index in [1.807, 2.05) is 0 Å². The van der Waals surface area contributed by atoms with Crippen molar-refractivity contribution < 1.29 is 22.0 Å². The Morgan fingerprint density at radius 3 is 2.58 bits per heavy atom. The molecule has 1 unspecified atom stereocenters. The van der Waals surface area contributed by atoms with E-state index in [-0.39, 0.29) is 27.8 Å². The predicted molar refractivity (Wildman–Crippen MR) is 139 cm³/mol. The highest BCUT2D eigenvalue weighted by atomic mass is 35.5. The number of alkyl halides is 3. The lowest BCUT2D eigenvalue weighted by Crippen LogP contribution is -2.35. The van der Waals surface area contributed by atoms with Crippen LogP contribution in [0.4, 0.5) is 27.6 Å². The number of halogens is 6. The molecule has 0 saturated carbocycles. The molecule has 1 saturated heterocycles. The fourth-order valence-corrected chi connectivity index (χ4v) is 5.22. The zero-order valence-corrected chi connectivity index (χ0v) is 20.9. The van der Waals surface area contributed by atoms with E-state index in [0.29, 0.717) is 23.0 Å². The second-order valence-corrected chi connectivity index (χ2v) is 9.77. The maximum absolute atomic E-state index is 15.0. The van der Waals surface area contributed by atoms with Gasteiger partial charge in [-0.05, 0) is 60.6 Å². The summed E-state index contributed by atoms with van der Waals surface area (Å²) >= 11 is 12.9. The molecule has 0 aliphatic carbocycles. The van der Waals surface area contributed by atoms with E-state index in [1.165, 1.54) is 42.1 Å². The number of thioether (sulfide) groups is 1. The molecule has 0 spiro atoms. The van der Waals surface area contributed by atoms with Crippen molar-refractivity contribution >= 4 is 51.5 Å². The lowest BCUT2D eigenvalue weighted by molar-refractivity contribution is -0.137. The molecule has 1 aliphatic rings. The zero-order valence-electron chi connectivity index (χ0n) is 18.5. The summed E-state index contributed by atoms with van der Waals surface area (Å²) in [6, 6.07) is 14.5. The summed E-state index contributed by atoms with van der Waals surface area (Å²) in [6.45, 7) is 0.457. The highest BCUT2D eigenvalue weighted by Gasteiger charge is 2.31. The number of benzene rings is 3. The smallest absolute Gasteiger partial charge is 0.332 e. The van der Waals surface area contributed by atoms with Gasteiger partial charge in [0.2, 0.25) is 0 Å². The topological polar surface area (TPSA) is 27.6 Å².